The smallest absolute Gasteiger partial charge is 0.335 e. The van der Waals surface area contributed by atoms with Gasteiger partial charge in [-0.15, -0.1) is 11.8 Å². The third-order valence-electron chi connectivity index (χ3n) is 3.25. The van der Waals surface area contributed by atoms with Crippen LogP contribution in [-0.4, -0.2) is 36.9 Å². The van der Waals surface area contributed by atoms with Gasteiger partial charge in [-0.25, -0.2) is 17.9 Å². The number of carboxylic acids is 1. The first-order valence-corrected chi connectivity index (χ1v) is 9.52. The molecule has 0 unspecified atom stereocenters. The fourth-order valence-electron chi connectivity index (χ4n) is 1.97. The van der Waals surface area contributed by atoms with E-state index in [9.17, 15) is 18.3 Å². The molecule has 0 atom stereocenters. The van der Waals surface area contributed by atoms with Gasteiger partial charge in [0.2, 0.25) is 10.0 Å². The molecule has 0 aliphatic heterocycles. The minimum Gasteiger partial charge on any atom is -0.508 e. The summed E-state index contributed by atoms with van der Waals surface area (Å²) in [6.07, 6.45) is 0. The number of phenols is 1. The average Bonchev–Trinajstić information content (AvgIpc) is 2.53. The van der Waals surface area contributed by atoms with E-state index >= 15 is 0 Å². The molecule has 0 aromatic heterocycles. The van der Waals surface area contributed by atoms with Crippen LogP contribution >= 0.6 is 11.8 Å². The first-order valence-electron chi connectivity index (χ1n) is 7.05. The van der Waals surface area contributed by atoms with Crippen molar-refractivity contribution in [3.05, 3.63) is 53.6 Å². The number of thioether (sulfide) groups is 1. The third kappa shape index (κ3) is 4.73. The molecule has 0 bridgehead atoms. The molecule has 0 heterocycles. The number of aryl methyl sites for hydroxylation is 1. The quantitative estimate of drug-likeness (QED) is 0.513. The number of phenolic OH excluding ortho intramolecular Hbond substituents is 1. The van der Waals surface area contributed by atoms with Crippen LogP contribution in [0.3, 0.4) is 0 Å². The van der Waals surface area contributed by atoms with Gasteiger partial charge in [0, 0.05) is 17.2 Å². The number of benzene rings is 2. The summed E-state index contributed by atoms with van der Waals surface area (Å²) < 4.78 is 26.9. The molecular formula is C16H17NO5S2. The molecule has 0 saturated carbocycles. The Balaban J connectivity index is 1.97. The first-order chi connectivity index (χ1) is 11.3. The molecule has 0 aliphatic carbocycles. The number of aromatic hydroxyl groups is 1. The number of aromatic carboxylic acids is 1. The number of nitrogens with one attached hydrogen (secondary N) is 1. The standard InChI is InChI=1S/C16H17NO5S2/c1-11-2-7-14(10-15(11)16(19)20)24(21,22)17-8-9-23-13-5-3-12(18)4-6-13/h2-7,10,17-18H,8-9H2,1H3,(H,19,20). The third-order valence-corrected chi connectivity index (χ3v) is 5.72. The normalized spacial score (nSPS) is 11.4. The van der Waals surface area contributed by atoms with Gasteiger partial charge in [0.25, 0.3) is 0 Å². The Kier molecular flexibility index (Phi) is 5.87. The summed E-state index contributed by atoms with van der Waals surface area (Å²) in [6.45, 7) is 1.81. The molecule has 0 fully saturated rings. The summed E-state index contributed by atoms with van der Waals surface area (Å²) in [4.78, 5) is 11.9. The van der Waals surface area contributed by atoms with E-state index in [0.29, 0.717) is 11.3 Å². The fraction of sp³-hybridized carbons (Fsp3) is 0.188. The molecule has 128 valence electrons. The number of rotatable bonds is 7. The second-order valence-corrected chi connectivity index (χ2v) is 7.96. The molecule has 24 heavy (non-hydrogen) atoms. The van der Waals surface area contributed by atoms with Gasteiger partial charge in [0.1, 0.15) is 5.75 Å². The number of carbonyl (C=O) groups is 1. The van der Waals surface area contributed by atoms with Gasteiger partial charge in [-0.1, -0.05) is 6.07 Å². The zero-order valence-electron chi connectivity index (χ0n) is 12.9. The molecule has 2 aromatic carbocycles. The Labute approximate surface area is 144 Å². The minimum absolute atomic E-state index is 0.0312. The van der Waals surface area contributed by atoms with Crippen LogP contribution in [0.25, 0.3) is 0 Å². The van der Waals surface area contributed by atoms with Crippen molar-refractivity contribution in [2.45, 2.75) is 16.7 Å². The Morgan fingerprint density at radius 3 is 2.46 bits per heavy atom. The Hall–Kier alpha value is -2.03. The van der Waals surface area contributed by atoms with Crippen molar-refractivity contribution < 1.29 is 23.4 Å². The van der Waals surface area contributed by atoms with E-state index in [1.54, 1.807) is 31.2 Å². The van der Waals surface area contributed by atoms with Gasteiger partial charge < -0.3 is 10.2 Å². The molecule has 2 rings (SSSR count). The molecular weight excluding hydrogens is 350 g/mol. The van der Waals surface area contributed by atoms with Crippen molar-refractivity contribution in [3.8, 4) is 5.75 Å². The van der Waals surface area contributed by atoms with Crippen LogP contribution in [0.4, 0.5) is 0 Å². The molecule has 0 spiro atoms. The zero-order chi connectivity index (χ0) is 17.7. The van der Waals surface area contributed by atoms with E-state index in [0.717, 1.165) is 11.0 Å². The van der Waals surface area contributed by atoms with Gasteiger partial charge in [-0.05, 0) is 48.9 Å². The highest BCUT2D eigenvalue weighted by molar-refractivity contribution is 7.99. The highest BCUT2D eigenvalue weighted by Crippen LogP contribution is 2.20. The minimum atomic E-state index is -3.76. The van der Waals surface area contributed by atoms with Crippen LogP contribution in [0, 0.1) is 6.92 Å². The van der Waals surface area contributed by atoms with E-state index < -0.39 is 16.0 Å². The number of hydrogen-bond donors (Lipinski definition) is 3. The maximum atomic E-state index is 12.2. The maximum absolute atomic E-state index is 12.2. The summed E-state index contributed by atoms with van der Waals surface area (Å²) in [7, 11) is -3.76. The average molecular weight is 367 g/mol. The van der Waals surface area contributed by atoms with Crippen LogP contribution in [-0.2, 0) is 10.0 Å². The Morgan fingerprint density at radius 2 is 1.83 bits per heavy atom. The van der Waals surface area contributed by atoms with Crippen molar-refractivity contribution in [3.63, 3.8) is 0 Å². The van der Waals surface area contributed by atoms with E-state index in [1.165, 1.54) is 23.9 Å². The predicted molar refractivity (Wildman–Crippen MR) is 92.2 cm³/mol. The molecule has 3 N–H and O–H groups in total. The summed E-state index contributed by atoms with van der Waals surface area (Å²) in [6, 6.07) is 10.6. The van der Waals surface area contributed by atoms with Crippen molar-refractivity contribution >= 4 is 27.8 Å². The second kappa shape index (κ2) is 7.69. The monoisotopic (exact) mass is 367 g/mol. The highest BCUT2D eigenvalue weighted by Gasteiger charge is 2.17. The summed E-state index contributed by atoms with van der Waals surface area (Å²) >= 11 is 1.44. The maximum Gasteiger partial charge on any atom is 0.335 e. The molecule has 0 radical (unpaired) electrons. The van der Waals surface area contributed by atoms with Crippen molar-refractivity contribution in [1.29, 1.82) is 0 Å². The van der Waals surface area contributed by atoms with E-state index in [-0.39, 0.29) is 22.8 Å². The Morgan fingerprint density at radius 1 is 1.17 bits per heavy atom. The molecule has 2 aromatic rings. The molecule has 0 saturated heterocycles. The largest absolute Gasteiger partial charge is 0.508 e. The van der Waals surface area contributed by atoms with Gasteiger partial charge >= 0.3 is 5.97 Å². The lowest BCUT2D eigenvalue weighted by Gasteiger charge is -2.09. The molecule has 6 nitrogen and oxygen atoms in total. The summed E-state index contributed by atoms with van der Waals surface area (Å²) in [5.41, 5.74) is 0.473. The Bertz CT molecular complexity index is 832. The summed E-state index contributed by atoms with van der Waals surface area (Å²) in [5, 5.41) is 18.3. The molecule has 8 heteroatoms. The molecule has 0 aliphatic rings. The number of carboxylic acid groups (broad SMARTS) is 1. The van der Waals surface area contributed by atoms with Gasteiger partial charge in [-0.2, -0.15) is 0 Å². The zero-order valence-corrected chi connectivity index (χ0v) is 14.5. The van der Waals surface area contributed by atoms with Crippen LogP contribution in [0.5, 0.6) is 5.75 Å². The van der Waals surface area contributed by atoms with Gasteiger partial charge in [0.15, 0.2) is 0 Å². The van der Waals surface area contributed by atoms with Gasteiger partial charge in [0.05, 0.1) is 10.5 Å². The van der Waals surface area contributed by atoms with Crippen LogP contribution in [0.1, 0.15) is 15.9 Å². The summed E-state index contributed by atoms with van der Waals surface area (Å²) in [5.74, 6) is -0.483. The van der Waals surface area contributed by atoms with E-state index in [2.05, 4.69) is 4.72 Å². The predicted octanol–water partition coefficient (Wildman–Crippen LogP) is 2.47. The fourth-order valence-corrected chi connectivity index (χ4v) is 3.92. The lowest BCUT2D eigenvalue weighted by molar-refractivity contribution is 0.0696. The van der Waals surface area contributed by atoms with Crippen LogP contribution < -0.4 is 4.72 Å². The first kappa shape index (κ1) is 18.3. The molecule has 0 amide bonds. The number of sulfonamides is 1. The van der Waals surface area contributed by atoms with Crippen LogP contribution in [0.2, 0.25) is 0 Å². The number of hydrogen-bond acceptors (Lipinski definition) is 5. The van der Waals surface area contributed by atoms with E-state index in [4.69, 9.17) is 5.11 Å². The lowest BCUT2D eigenvalue weighted by Crippen LogP contribution is -2.26. The van der Waals surface area contributed by atoms with Crippen LogP contribution in [0.15, 0.2) is 52.3 Å². The topological polar surface area (TPSA) is 104 Å². The van der Waals surface area contributed by atoms with Crippen molar-refractivity contribution in [2.24, 2.45) is 0 Å². The SMILES string of the molecule is Cc1ccc(S(=O)(=O)NCCSc2ccc(O)cc2)cc1C(=O)O. The van der Waals surface area contributed by atoms with E-state index in [1.807, 2.05) is 0 Å². The van der Waals surface area contributed by atoms with Crippen molar-refractivity contribution in [2.75, 3.05) is 12.3 Å². The second-order valence-electron chi connectivity index (χ2n) is 5.02. The van der Waals surface area contributed by atoms with Crippen molar-refractivity contribution in [1.82, 2.24) is 4.72 Å². The van der Waals surface area contributed by atoms with Gasteiger partial charge in [-0.3, -0.25) is 0 Å². The highest BCUT2D eigenvalue weighted by atomic mass is 32.2. The lowest BCUT2D eigenvalue weighted by atomic mass is 10.1.